The summed E-state index contributed by atoms with van der Waals surface area (Å²) in [6, 6.07) is 7.34. The van der Waals surface area contributed by atoms with Gasteiger partial charge in [-0.05, 0) is 47.9 Å². The Labute approximate surface area is 179 Å². The molecule has 1 saturated heterocycles. The molecule has 1 unspecified atom stereocenters. The van der Waals surface area contributed by atoms with Gasteiger partial charge in [0.05, 0.1) is 32.8 Å². The summed E-state index contributed by atoms with van der Waals surface area (Å²) in [4.78, 5) is 12.9. The molecule has 0 aromatic heterocycles. The maximum absolute atomic E-state index is 12.9. The van der Waals surface area contributed by atoms with Crippen LogP contribution < -0.4 is 18.9 Å². The first kappa shape index (κ1) is 19.8. The summed E-state index contributed by atoms with van der Waals surface area (Å²) >= 11 is 0. The van der Waals surface area contributed by atoms with Crippen molar-refractivity contribution in [3.05, 3.63) is 41.0 Å². The van der Waals surface area contributed by atoms with E-state index in [4.69, 9.17) is 28.4 Å². The normalized spacial score (nSPS) is 25.6. The molecular weight excluding hydrogens is 404 g/mol. The first-order chi connectivity index (χ1) is 15.1. The Bertz CT molecular complexity index is 1010. The van der Waals surface area contributed by atoms with Gasteiger partial charge in [-0.25, -0.2) is 0 Å². The second-order valence-electron chi connectivity index (χ2n) is 7.78. The van der Waals surface area contributed by atoms with Crippen LogP contribution in [0.2, 0.25) is 0 Å². The van der Waals surface area contributed by atoms with Gasteiger partial charge in [0.15, 0.2) is 23.0 Å². The summed E-state index contributed by atoms with van der Waals surface area (Å²) in [6.07, 6.45) is -0.303. The third-order valence-electron chi connectivity index (χ3n) is 6.33. The third kappa shape index (κ3) is 2.96. The molecule has 8 heteroatoms. The molecule has 5 rings (SSSR count). The van der Waals surface area contributed by atoms with Crippen LogP contribution in [0.25, 0.3) is 0 Å². The highest BCUT2D eigenvalue weighted by molar-refractivity contribution is 5.79. The van der Waals surface area contributed by atoms with Gasteiger partial charge in [0.2, 0.25) is 12.5 Å². The number of ether oxygens (including phenoxy) is 6. The van der Waals surface area contributed by atoms with E-state index in [1.807, 2.05) is 19.1 Å². The smallest absolute Gasteiger partial charge is 0.310 e. The summed E-state index contributed by atoms with van der Waals surface area (Å²) < 4.78 is 33.6. The average Bonchev–Trinajstić information content (AvgIpc) is 3.39. The minimum absolute atomic E-state index is 0.0896. The Hall–Kier alpha value is -3.13. The van der Waals surface area contributed by atoms with Crippen molar-refractivity contribution in [2.45, 2.75) is 18.9 Å². The predicted molar refractivity (Wildman–Crippen MR) is 108 cm³/mol. The molecule has 1 fully saturated rings. The van der Waals surface area contributed by atoms with Crippen molar-refractivity contribution < 1.29 is 38.3 Å². The van der Waals surface area contributed by atoms with Gasteiger partial charge in [0.25, 0.3) is 0 Å². The summed E-state index contributed by atoms with van der Waals surface area (Å²) in [5.74, 6) is 0.498. The van der Waals surface area contributed by atoms with Crippen LogP contribution in [0.15, 0.2) is 24.3 Å². The standard InChI is InChI=1S/C23H24O8/c1-4-28-22-13-8-16-15(30-10-31-16)7-12(13)19(20-14(22)9-29-23(20)25)11-5-17(26-2)21(24)18(6-11)27-3/h5-8,14,19-20,22,24H,4,9-10H2,1-3H3/t14?,19-,20+,22-/m1/s1. The van der Waals surface area contributed by atoms with Crippen molar-refractivity contribution in [3.8, 4) is 28.7 Å². The number of carbonyl (C=O) groups is 1. The number of phenols is 1. The van der Waals surface area contributed by atoms with Gasteiger partial charge in [-0.15, -0.1) is 0 Å². The number of cyclic esters (lactones) is 1. The quantitative estimate of drug-likeness (QED) is 0.726. The van der Waals surface area contributed by atoms with E-state index in [1.54, 1.807) is 12.1 Å². The fourth-order valence-corrected chi connectivity index (χ4v) is 5.00. The van der Waals surface area contributed by atoms with Crippen LogP contribution in [0.4, 0.5) is 0 Å². The molecule has 2 heterocycles. The number of esters is 1. The number of benzene rings is 2. The van der Waals surface area contributed by atoms with Gasteiger partial charge in [-0.3, -0.25) is 4.79 Å². The van der Waals surface area contributed by atoms with Crippen molar-refractivity contribution in [1.29, 1.82) is 0 Å². The maximum atomic E-state index is 12.9. The number of aromatic hydroxyl groups is 1. The van der Waals surface area contributed by atoms with Crippen molar-refractivity contribution in [2.24, 2.45) is 11.8 Å². The first-order valence-electron chi connectivity index (χ1n) is 10.2. The molecule has 164 valence electrons. The molecule has 8 nitrogen and oxygen atoms in total. The van der Waals surface area contributed by atoms with Crippen LogP contribution in [0.3, 0.4) is 0 Å². The van der Waals surface area contributed by atoms with Crippen LogP contribution in [-0.2, 0) is 14.3 Å². The third-order valence-corrected chi connectivity index (χ3v) is 6.33. The van der Waals surface area contributed by atoms with Gasteiger partial charge in [-0.2, -0.15) is 0 Å². The van der Waals surface area contributed by atoms with Gasteiger partial charge in [0.1, 0.15) is 0 Å². The lowest BCUT2D eigenvalue weighted by Gasteiger charge is -2.39. The van der Waals surface area contributed by atoms with E-state index in [-0.39, 0.29) is 54.6 Å². The molecule has 1 N–H and O–H groups in total. The highest BCUT2D eigenvalue weighted by Crippen LogP contribution is 2.56. The summed E-state index contributed by atoms with van der Waals surface area (Å²) in [7, 11) is 2.95. The fourth-order valence-electron chi connectivity index (χ4n) is 5.00. The van der Waals surface area contributed by atoms with Crippen LogP contribution in [-0.4, -0.2) is 45.3 Å². The SMILES string of the molecule is CCO[C@@H]1c2cc3c(cc2[C@@H](c2cc(OC)c(O)c(OC)c2)[C@H]2C(=O)OCC12)OCO3. The van der Waals surface area contributed by atoms with E-state index in [0.29, 0.717) is 18.1 Å². The first-order valence-corrected chi connectivity index (χ1v) is 10.2. The molecular formula is C23H24O8. The number of rotatable bonds is 5. The largest absolute Gasteiger partial charge is 0.502 e. The Balaban J connectivity index is 1.75. The predicted octanol–water partition coefficient (Wildman–Crippen LogP) is 3.15. The fraction of sp³-hybridized carbons (Fsp3) is 0.435. The topological polar surface area (TPSA) is 92.7 Å². The van der Waals surface area contributed by atoms with Crippen LogP contribution in [0.1, 0.15) is 35.6 Å². The molecule has 0 radical (unpaired) electrons. The lowest BCUT2D eigenvalue weighted by Crippen LogP contribution is -2.35. The molecule has 2 aromatic carbocycles. The van der Waals surface area contributed by atoms with Crippen molar-refractivity contribution in [1.82, 2.24) is 0 Å². The van der Waals surface area contributed by atoms with Crippen molar-refractivity contribution in [3.63, 3.8) is 0 Å². The zero-order chi connectivity index (χ0) is 21.7. The van der Waals surface area contributed by atoms with Crippen LogP contribution in [0.5, 0.6) is 28.7 Å². The number of hydrogen-bond donors (Lipinski definition) is 1. The Morgan fingerprint density at radius 2 is 1.65 bits per heavy atom. The molecule has 1 aliphatic carbocycles. The average molecular weight is 428 g/mol. The molecule has 0 spiro atoms. The van der Waals surface area contributed by atoms with Gasteiger partial charge >= 0.3 is 5.97 Å². The van der Waals surface area contributed by atoms with Gasteiger partial charge in [0, 0.05) is 18.4 Å². The minimum Gasteiger partial charge on any atom is -0.502 e. The molecule has 0 bridgehead atoms. The molecule has 4 atom stereocenters. The Morgan fingerprint density at radius 3 is 2.26 bits per heavy atom. The van der Waals surface area contributed by atoms with E-state index in [0.717, 1.165) is 16.7 Å². The second-order valence-corrected chi connectivity index (χ2v) is 7.78. The summed E-state index contributed by atoms with van der Waals surface area (Å²) in [5.41, 5.74) is 2.62. The minimum atomic E-state index is -0.455. The molecule has 0 saturated carbocycles. The second kappa shape index (κ2) is 7.53. The Morgan fingerprint density at radius 1 is 1.00 bits per heavy atom. The molecule has 31 heavy (non-hydrogen) atoms. The highest BCUT2D eigenvalue weighted by atomic mass is 16.7. The number of methoxy groups -OCH3 is 2. The van der Waals surface area contributed by atoms with E-state index in [9.17, 15) is 9.90 Å². The number of carbonyl (C=O) groups excluding carboxylic acids is 1. The highest BCUT2D eigenvalue weighted by Gasteiger charge is 2.53. The molecule has 2 aliphatic heterocycles. The lowest BCUT2D eigenvalue weighted by atomic mass is 9.66. The summed E-state index contributed by atoms with van der Waals surface area (Å²) in [5, 5.41) is 10.4. The number of phenolic OH excluding ortho intramolecular Hbond substituents is 1. The zero-order valence-electron chi connectivity index (χ0n) is 17.5. The van der Waals surface area contributed by atoms with E-state index < -0.39 is 5.92 Å². The lowest BCUT2D eigenvalue weighted by molar-refractivity contribution is -0.141. The number of fused-ring (bicyclic) bond motifs is 3. The van der Waals surface area contributed by atoms with Crippen LogP contribution >= 0.6 is 0 Å². The van der Waals surface area contributed by atoms with E-state index >= 15 is 0 Å². The van der Waals surface area contributed by atoms with Gasteiger partial charge < -0.3 is 33.5 Å². The maximum Gasteiger partial charge on any atom is 0.310 e. The molecule has 2 aromatic rings. The van der Waals surface area contributed by atoms with E-state index in [1.165, 1.54) is 14.2 Å². The van der Waals surface area contributed by atoms with Crippen LogP contribution in [0, 0.1) is 11.8 Å². The van der Waals surface area contributed by atoms with Crippen molar-refractivity contribution in [2.75, 3.05) is 34.2 Å². The van der Waals surface area contributed by atoms with E-state index in [2.05, 4.69) is 0 Å². The van der Waals surface area contributed by atoms with Crippen molar-refractivity contribution >= 4 is 5.97 Å². The monoisotopic (exact) mass is 428 g/mol. The Kier molecular flexibility index (Phi) is 4.81. The van der Waals surface area contributed by atoms with Gasteiger partial charge in [-0.1, -0.05) is 0 Å². The summed E-state index contributed by atoms with van der Waals surface area (Å²) in [6.45, 7) is 2.87. The zero-order valence-corrected chi connectivity index (χ0v) is 17.5. The number of hydrogen-bond acceptors (Lipinski definition) is 8. The molecule has 3 aliphatic rings. The molecule has 0 amide bonds.